The van der Waals surface area contributed by atoms with E-state index in [4.69, 9.17) is 14.2 Å². The summed E-state index contributed by atoms with van der Waals surface area (Å²) in [5.41, 5.74) is 0. The lowest BCUT2D eigenvalue weighted by molar-refractivity contribution is 0.105. The van der Waals surface area contributed by atoms with Gasteiger partial charge in [0.25, 0.3) is 0 Å². The summed E-state index contributed by atoms with van der Waals surface area (Å²) in [4.78, 5) is 8.40. The van der Waals surface area contributed by atoms with Crippen molar-refractivity contribution >= 4 is 0 Å². The summed E-state index contributed by atoms with van der Waals surface area (Å²) in [5.74, 6) is 0.886. The fourth-order valence-corrected chi connectivity index (χ4v) is 2.35. The SMILES string of the molecule is CNC1CCCCC1Oc1nc(OC)cc(OC)n1. The summed E-state index contributed by atoms with van der Waals surface area (Å²) < 4.78 is 16.1. The van der Waals surface area contributed by atoms with E-state index in [1.165, 1.54) is 12.8 Å². The molecule has 1 aromatic heterocycles. The zero-order chi connectivity index (χ0) is 13.7. The summed E-state index contributed by atoms with van der Waals surface area (Å²) in [6.45, 7) is 0. The van der Waals surface area contributed by atoms with Crippen LogP contribution in [0.15, 0.2) is 6.07 Å². The van der Waals surface area contributed by atoms with Gasteiger partial charge in [-0.1, -0.05) is 6.42 Å². The molecule has 2 atom stereocenters. The van der Waals surface area contributed by atoms with E-state index in [9.17, 15) is 0 Å². The van der Waals surface area contributed by atoms with E-state index in [0.29, 0.717) is 23.8 Å². The van der Waals surface area contributed by atoms with Crippen LogP contribution in [0.3, 0.4) is 0 Å². The van der Waals surface area contributed by atoms with Gasteiger partial charge in [-0.3, -0.25) is 0 Å². The van der Waals surface area contributed by atoms with E-state index in [1.807, 2.05) is 7.05 Å². The molecule has 1 saturated carbocycles. The van der Waals surface area contributed by atoms with E-state index < -0.39 is 0 Å². The minimum Gasteiger partial charge on any atom is -0.481 e. The quantitative estimate of drug-likeness (QED) is 0.870. The van der Waals surface area contributed by atoms with Crippen LogP contribution in [0.1, 0.15) is 25.7 Å². The van der Waals surface area contributed by atoms with Crippen LogP contribution in [-0.2, 0) is 0 Å². The monoisotopic (exact) mass is 267 g/mol. The highest BCUT2D eigenvalue weighted by atomic mass is 16.5. The molecule has 0 radical (unpaired) electrons. The predicted octanol–water partition coefficient (Wildman–Crippen LogP) is 1.40. The van der Waals surface area contributed by atoms with Gasteiger partial charge in [0.05, 0.1) is 20.3 Å². The van der Waals surface area contributed by atoms with E-state index in [2.05, 4.69) is 15.3 Å². The maximum absolute atomic E-state index is 5.90. The van der Waals surface area contributed by atoms with Gasteiger partial charge in [-0.2, -0.15) is 9.97 Å². The molecule has 0 aromatic carbocycles. The Morgan fingerprint density at radius 2 is 1.74 bits per heavy atom. The third kappa shape index (κ3) is 3.47. The Balaban J connectivity index is 2.12. The summed E-state index contributed by atoms with van der Waals surface area (Å²) in [6, 6.07) is 2.28. The highest BCUT2D eigenvalue weighted by Crippen LogP contribution is 2.24. The maximum atomic E-state index is 5.90. The van der Waals surface area contributed by atoms with E-state index >= 15 is 0 Å². The lowest BCUT2D eigenvalue weighted by Crippen LogP contribution is -2.43. The third-order valence-electron chi connectivity index (χ3n) is 3.41. The number of ether oxygens (including phenoxy) is 3. The van der Waals surface area contributed by atoms with Gasteiger partial charge in [0, 0.05) is 6.04 Å². The van der Waals surface area contributed by atoms with Gasteiger partial charge in [0.1, 0.15) is 6.10 Å². The summed E-state index contributed by atoms with van der Waals surface area (Å²) in [5, 5.41) is 3.29. The van der Waals surface area contributed by atoms with Crippen molar-refractivity contribution in [1.29, 1.82) is 0 Å². The smallest absolute Gasteiger partial charge is 0.323 e. The number of methoxy groups -OCH3 is 2. The molecule has 6 nitrogen and oxygen atoms in total. The van der Waals surface area contributed by atoms with E-state index in [-0.39, 0.29) is 6.10 Å². The number of nitrogens with one attached hydrogen (secondary N) is 1. The molecule has 2 rings (SSSR count). The van der Waals surface area contributed by atoms with Gasteiger partial charge in [-0.15, -0.1) is 0 Å². The fourth-order valence-electron chi connectivity index (χ4n) is 2.35. The predicted molar refractivity (Wildman–Crippen MR) is 70.9 cm³/mol. The second kappa shape index (κ2) is 6.56. The van der Waals surface area contributed by atoms with Crippen molar-refractivity contribution in [2.45, 2.75) is 37.8 Å². The molecule has 106 valence electrons. The van der Waals surface area contributed by atoms with Crippen LogP contribution >= 0.6 is 0 Å². The highest BCUT2D eigenvalue weighted by Gasteiger charge is 2.26. The van der Waals surface area contributed by atoms with Crippen LogP contribution in [0.5, 0.6) is 17.8 Å². The Bertz CT molecular complexity index is 392. The highest BCUT2D eigenvalue weighted by molar-refractivity contribution is 5.23. The van der Waals surface area contributed by atoms with E-state index in [0.717, 1.165) is 12.8 Å². The molecular weight excluding hydrogens is 246 g/mol. The fraction of sp³-hybridized carbons (Fsp3) is 0.692. The molecule has 1 heterocycles. The van der Waals surface area contributed by atoms with Crippen molar-refractivity contribution < 1.29 is 14.2 Å². The average molecular weight is 267 g/mol. The third-order valence-corrected chi connectivity index (χ3v) is 3.41. The lowest BCUT2D eigenvalue weighted by atomic mass is 9.92. The van der Waals surface area contributed by atoms with Crippen molar-refractivity contribution in [2.75, 3.05) is 21.3 Å². The van der Waals surface area contributed by atoms with Gasteiger partial charge in [0.15, 0.2) is 0 Å². The Morgan fingerprint density at radius 3 is 2.32 bits per heavy atom. The first-order chi connectivity index (χ1) is 9.26. The minimum absolute atomic E-state index is 0.0931. The van der Waals surface area contributed by atoms with Crippen molar-refractivity contribution in [3.05, 3.63) is 6.07 Å². The molecule has 6 heteroatoms. The van der Waals surface area contributed by atoms with E-state index in [1.54, 1.807) is 20.3 Å². The van der Waals surface area contributed by atoms with Crippen LogP contribution in [-0.4, -0.2) is 43.4 Å². The number of rotatable bonds is 5. The van der Waals surface area contributed by atoms with Gasteiger partial charge >= 0.3 is 6.01 Å². The first kappa shape index (κ1) is 13.9. The van der Waals surface area contributed by atoms with Crippen molar-refractivity contribution in [3.63, 3.8) is 0 Å². The molecule has 1 aliphatic rings. The molecule has 1 N–H and O–H groups in total. The molecule has 0 aliphatic heterocycles. The largest absolute Gasteiger partial charge is 0.481 e. The Hall–Kier alpha value is -1.56. The topological polar surface area (TPSA) is 65.5 Å². The molecule has 19 heavy (non-hydrogen) atoms. The molecule has 0 spiro atoms. The molecule has 1 fully saturated rings. The average Bonchev–Trinajstić information content (AvgIpc) is 2.47. The summed E-state index contributed by atoms with van der Waals surface area (Å²) in [7, 11) is 5.07. The van der Waals surface area contributed by atoms with Crippen LogP contribution in [0.4, 0.5) is 0 Å². The Kier molecular flexibility index (Phi) is 4.79. The second-order valence-corrected chi connectivity index (χ2v) is 4.57. The van der Waals surface area contributed by atoms with Gasteiger partial charge in [-0.05, 0) is 26.3 Å². The molecule has 2 unspecified atom stereocenters. The van der Waals surface area contributed by atoms with Crippen molar-refractivity contribution in [1.82, 2.24) is 15.3 Å². The zero-order valence-electron chi connectivity index (χ0n) is 11.7. The van der Waals surface area contributed by atoms with Crippen LogP contribution in [0, 0.1) is 0 Å². The minimum atomic E-state index is 0.0931. The summed E-state index contributed by atoms with van der Waals surface area (Å²) in [6.07, 6.45) is 4.62. The number of hydrogen-bond acceptors (Lipinski definition) is 6. The van der Waals surface area contributed by atoms with Crippen LogP contribution in [0.2, 0.25) is 0 Å². The second-order valence-electron chi connectivity index (χ2n) is 4.57. The lowest BCUT2D eigenvalue weighted by Gasteiger charge is -2.30. The van der Waals surface area contributed by atoms with Crippen LogP contribution in [0.25, 0.3) is 0 Å². The van der Waals surface area contributed by atoms with Crippen molar-refractivity contribution in [3.8, 4) is 17.8 Å². The maximum Gasteiger partial charge on any atom is 0.323 e. The molecular formula is C13H21N3O3. The van der Waals surface area contributed by atoms with Gasteiger partial charge in [-0.25, -0.2) is 0 Å². The Morgan fingerprint density at radius 1 is 1.11 bits per heavy atom. The molecule has 1 aromatic rings. The normalized spacial score (nSPS) is 22.9. The molecule has 0 saturated heterocycles. The number of hydrogen-bond donors (Lipinski definition) is 1. The van der Waals surface area contributed by atoms with Gasteiger partial charge in [0.2, 0.25) is 11.8 Å². The molecule has 1 aliphatic carbocycles. The summed E-state index contributed by atoms with van der Waals surface area (Å²) >= 11 is 0. The van der Waals surface area contributed by atoms with Crippen LogP contribution < -0.4 is 19.5 Å². The molecule has 0 bridgehead atoms. The zero-order valence-corrected chi connectivity index (χ0v) is 11.7. The van der Waals surface area contributed by atoms with Crippen molar-refractivity contribution in [2.24, 2.45) is 0 Å². The van der Waals surface area contributed by atoms with Gasteiger partial charge < -0.3 is 19.5 Å². The number of nitrogens with zero attached hydrogens (tertiary/aromatic N) is 2. The number of aromatic nitrogens is 2. The first-order valence-corrected chi connectivity index (χ1v) is 6.57. The Labute approximate surface area is 113 Å². The standard InChI is InChI=1S/C13H21N3O3/c1-14-9-6-4-5-7-10(9)19-13-15-11(17-2)8-12(16-13)18-3/h8-10,14H,4-7H2,1-3H3. The molecule has 0 amide bonds. The first-order valence-electron chi connectivity index (χ1n) is 6.57. The number of likely N-dealkylation sites (N-methyl/N-ethyl adjacent to an activating group) is 1.